The Kier molecular flexibility index (Phi) is 5.52. The normalized spacial score (nSPS) is 14.4. The van der Waals surface area contributed by atoms with Crippen LogP contribution in [0.1, 0.15) is 11.1 Å². The smallest absolute Gasteiger partial charge is 0.265 e. The summed E-state index contributed by atoms with van der Waals surface area (Å²) < 4.78 is 19.2. The Bertz CT molecular complexity index is 1210. The lowest BCUT2D eigenvalue weighted by Gasteiger charge is -2.31. The molecule has 0 spiro atoms. The maximum Gasteiger partial charge on any atom is 0.265 e. The van der Waals surface area contributed by atoms with Gasteiger partial charge in [-0.1, -0.05) is 42.5 Å². The van der Waals surface area contributed by atoms with Crippen LogP contribution < -0.4 is 4.74 Å². The van der Waals surface area contributed by atoms with Crippen LogP contribution in [0.2, 0.25) is 0 Å². The maximum atomic E-state index is 13.2. The lowest BCUT2D eigenvalue weighted by molar-refractivity contribution is -0.132. The SMILES string of the molecule is CN1C(=O)C(=Cc2c(OCc3ccc(F)cc3)ccc3ccccc23)C(=O)N(C)C1=S. The van der Waals surface area contributed by atoms with E-state index in [2.05, 4.69) is 0 Å². The van der Waals surface area contributed by atoms with Gasteiger partial charge < -0.3 is 4.74 Å². The largest absolute Gasteiger partial charge is 0.488 e. The highest BCUT2D eigenvalue weighted by Gasteiger charge is 2.35. The van der Waals surface area contributed by atoms with Gasteiger partial charge in [0.05, 0.1) is 0 Å². The average molecular weight is 434 g/mol. The van der Waals surface area contributed by atoms with Crippen molar-refractivity contribution in [3.05, 3.63) is 83.2 Å². The van der Waals surface area contributed by atoms with Crippen LogP contribution in [-0.4, -0.2) is 40.8 Å². The van der Waals surface area contributed by atoms with Crippen LogP contribution in [0.15, 0.2) is 66.2 Å². The second-order valence-corrected chi connectivity index (χ2v) is 7.55. The average Bonchev–Trinajstić information content (AvgIpc) is 2.79. The molecule has 31 heavy (non-hydrogen) atoms. The zero-order valence-electron chi connectivity index (χ0n) is 17.0. The number of thiocarbonyl (C=S) groups is 1. The minimum absolute atomic E-state index is 0.00147. The fraction of sp³-hybridized carbons (Fsp3) is 0.125. The summed E-state index contributed by atoms with van der Waals surface area (Å²) >= 11 is 5.16. The summed E-state index contributed by atoms with van der Waals surface area (Å²) in [5, 5.41) is 1.93. The highest BCUT2D eigenvalue weighted by atomic mass is 32.1. The van der Waals surface area contributed by atoms with E-state index in [-0.39, 0.29) is 23.1 Å². The number of hydrogen-bond acceptors (Lipinski definition) is 4. The van der Waals surface area contributed by atoms with E-state index in [4.69, 9.17) is 17.0 Å². The minimum atomic E-state index is -0.467. The first-order chi connectivity index (χ1) is 14.9. The molecule has 5 nitrogen and oxygen atoms in total. The monoisotopic (exact) mass is 434 g/mol. The Balaban J connectivity index is 1.79. The first kappa shape index (κ1) is 20.7. The molecule has 1 saturated heterocycles. The van der Waals surface area contributed by atoms with Crippen LogP contribution in [0.3, 0.4) is 0 Å². The number of nitrogens with zero attached hydrogens (tertiary/aromatic N) is 2. The highest BCUT2D eigenvalue weighted by molar-refractivity contribution is 7.80. The van der Waals surface area contributed by atoms with Gasteiger partial charge in [0.15, 0.2) is 5.11 Å². The number of amides is 2. The molecule has 0 atom stereocenters. The van der Waals surface area contributed by atoms with Crippen molar-refractivity contribution in [1.82, 2.24) is 9.80 Å². The number of benzene rings is 3. The third kappa shape index (κ3) is 3.92. The predicted octanol–water partition coefficient (Wildman–Crippen LogP) is 4.16. The molecule has 1 fully saturated rings. The lowest BCUT2D eigenvalue weighted by atomic mass is 9.99. The molecule has 7 heteroatoms. The molecule has 0 radical (unpaired) electrons. The van der Waals surface area contributed by atoms with Gasteiger partial charge in [0.2, 0.25) is 0 Å². The lowest BCUT2D eigenvalue weighted by Crippen LogP contribution is -2.52. The van der Waals surface area contributed by atoms with Crippen LogP contribution in [0.5, 0.6) is 5.75 Å². The van der Waals surface area contributed by atoms with Crippen molar-refractivity contribution in [3.63, 3.8) is 0 Å². The number of ether oxygens (including phenoxy) is 1. The Morgan fingerprint density at radius 3 is 2.26 bits per heavy atom. The Morgan fingerprint density at radius 2 is 1.58 bits per heavy atom. The summed E-state index contributed by atoms with van der Waals surface area (Å²) in [5.74, 6) is -0.744. The van der Waals surface area contributed by atoms with Gasteiger partial charge in [-0.15, -0.1) is 0 Å². The van der Waals surface area contributed by atoms with Crippen LogP contribution in [0.4, 0.5) is 4.39 Å². The van der Waals surface area contributed by atoms with Crippen molar-refractivity contribution < 1.29 is 18.7 Å². The molecule has 2 amide bonds. The van der Waals surface area contributed by atoms with Gasteiger partial charge in [-0.2, -0.15) is 0 Å². The summed E-state index contributed by atoms with van der Waals surface area (Å²) in [6.07, 6.45) is 1.56. The van der Waals surface area contributed by atoms with Gasteiger partial charge in [0.1, 0.15) is 23.7 Å². The number of likely N-dealkylation sites (N-methyl/N-ethyl adjacent to an activating group) is 2. The van der Waals surface area contributed by atoms with E-state index in [0.29, 0.717) is 11.3 Å². The Labute approximate surface area is 184 Å². The second kappa shape index (κ2) is 8.28. The van der Waals surface area contributed by atoms with Crippen molar-refractivity contribution in [3.8, 4) is 5.75 Å². The van der Waals surface area contributed by atoms with E-state index in [1.807, 2.05) is 30.3 Å². The number of hydrogen-bond donors (Lipinski definition) is 0. The molecule has 1 heterocycles. The highest BCUT2D eigenvalue weighted by Crippen LogP contribution is 2.32. The summed E-state index contributed by atoms with van der Waals surface area (Å²) in [4.78, 5) is 28.1. The number of fused-ring (bicyclic) bond motifs is 1. The molecule has 1 aliphatic rings. The zero-order valence-corrected chi connectivity index (χ0v) is 17.8. The Morgan fingerprint density at radius 1 is 0.935 bits per heavy atom. The third-order valence-corrected chi connectivity index (χ3v) is 5.72. The number of carbonyl (C=O) groups is 2. The number of rotatable bonds is 4. The number of halogens is 1. The number of carbonyl (C=O) groups excluding carboxylic acids is 2. The van der Waals surface area contributed by atoms with Gasteiger partial charge in [-0.3, -0.25) is 19.4 Å². The first-order valence-corrected chi connectivity index (χ1v) is 9.98. The molecule has 156 valence electrons. The van der Waals surface area contributed by atoms with Crippen molar-refractivity contribution >= 4 is 46.0 Å². The molecule has 0 unspecified atom stereocenters. The predicted molar refractivity (Wildman–Crippen MR) is 121 cm³/mol. The molecule has 1 aliphatic heterocycles. The van der Waals surface area contributed by atoms with Crippen molar-refractivity contribution in [1.29, 1.82) is 0 Å². The first-order valence-electron chi connectivity index (χ1n) is 9.57. The fourth-order valence-electron chi connectivity index (χ4n) is 3.41. The third-order valence-electron chi connectivity index (χ3n) is 5.17. The van der Waals surface area contributed by atoms with Gasteiger partial charge in [0, 0.05) is 19.7 Å². The van der Waals surface area contributed by atoms with E-state index in [1.54, 1.807) is 24.3 Å². The second-order valence-electron chi connectivity index (χ2n) is 7.18. The summed E-state index contributed by atoms with van der Waals surface area (Å²) in [6, 6.07) is 17.4. The van der Waals surface area contributed by atoms with Crippen molar-refractivity contribution in [2.75, 3.05) is 14.1 Å². The van der Waals surface area contributed by atoms with Gasteiger partial charge in [-0.25, -0.2) is 4.39 Å². The minimum Gasteiger partial charge on any atom is -0.488 e. The van der Waals surface area contributed by atoms with Gasteiger partial charge in [0.25, 0.3) is 11.8 Å². The molecule has 4 rings (SSSR count). The van der Waals surface area contributed by atoms with Gasteiger partial charge in [-0.05, 0) is 52.8 Å². The van der Waals surface area contributed by atoms with E-state index in [1.165, 1.54) is 36.0 Å². The van der Waals surface area contributed by atoms with Crippen LogP contribution in [-0.2, 0) is 16.2 Å². The van der Waals surface area contributed by atoms with E-state index >= 15 is 0 Å². The summed E-state index contributed by atoms with van der Waals surface area (Å²) in [5.41, 5.74) is 1.41. The Hall–Kier alpha value is -3.58. The van der Waals surface area contributed by atoms with Crippen LogP contribution in [0, 0.1) is 5.82 Å². The molecule has 0 aliphatic carbocycles. The van der Waals surface area contributed by atoms with Crippen molar-refractivity contribution in [2.24, 2.45) is 0 Å². The molecule has 3 aromatic carbocycles. The van der Waals surface area contributed by atoms with Crippen LogP contribution >= 0.6 is 12.2 Å². The fourth-order valence-corrected chi connectivity index (χ4v) is 3.58. The molecular formula is C24H19FN2O3S. The molecule has 0 bridgehead atoms. The maximum absolute atomic E-state index is 13.2. The molecule has 3 aromatic rings. The molecule has 0 N–H and O–H groups in total. The van der Waals surface area contributed by atoms with Crippen LogP contribution in [0.25, 0.3) is 16.8 Å². The van der Waals surface area contributed by atoms with Gasteiger partial charge >= 0.3 is 0 Å². The molecule has 0 saturated carbocycles. The zero-order chi connectivity index (χ0) is 22.1. The topological polar surface area (TPSA) is 49.9 Å². The standard InChI is InChI=1S/C24H19FN2O3S/c1-26-22(28)20(23(29)27(2)24(26)31)13-19-18-6-4-3-5-16(18)9-12-21(19)30-14-15-7-10-17(25)11-8-15/h3-13H,14H2,1-2H3. The summed E-state index contributed by atoms with van der Waals surface area (Å²) in [6.45, 7) is 0.209. The molecule has 0 aromatic heterocycles. The van der Waals surface area contributed by atoms with E-state index in [0.717, 1.165) is 16.3 Å². The van der Waals surface area contributed by atoms with E-state index < -0.39 is 11.8 Å². The molecular weight excluding hydrogens is 415 g/mol. The van der Waals surface area contributed by atoms with E-state index in [9.17, 15) is 14.0 Å². The summed E-state index contributed by atoms with van der Waals surface area (Å²) in [7, 11) is 3.08. The van der Waals surface area contributed by atoms with Crippen molar-refractivity contribution in [2.45, 2.75) is 6.61 Å². The quantitative estimate of drug-likeness (QED) is 0.352.